The van der Waals surface area contributed by atoms with Crippen LogP contribution in [0.2, 0.25) is 5.02 Å². The summed E-state index contributed by atoms with van der Waals surface area (Å²) in [7, 11) is -2.44. The van der Waals surface area contributed by atoms with Gasteiger partial charge in [-0.2, -0.15) is 0 Å². The molecule has 0 spiro atoms. The normalized spacial score (nSPS) is 12.5. The second kappa shape index (κ2) is 10.6. The van der Waals surface area contributed by atoms with Crippen molar-refractivity contribution in [3.8, 4) is 17.3 Å². The van der Waals surface area contributed by atoms with Gasteiger partial charge in [0.05, 0.1) is 28.0 Å². The molecule has 3 heterocycles. The van der Waals surface area contributed by atoms with Crippen molar-refractivity contribution in [1.29, 1.82) is 0 Å². The van der Waals surface area contributed by atoms with Gasteiger partial charge in [-0.05, 0) is 32.7 Å². The average Bonchev–Trinajstić information content (AvgIpc) is 2.85. The van der Waals surface area contributed by atoms with E-state index in [1.54, 1.807) is 20.3 Å². The fourth-order valence-electron chi connectivity index (χ4n) is 3.69. The Labute approximate surface area is 216 Å². The molecule has 0 bridgehead atoms. The number of nitrogens with one attached hydrogen (secondary N) is 1. The molecule has 1 N–H and O–H groups in total. The van der Waals surface area contributed by atoms with Gasteiger partial charge in [0.25, 0.3) is 0 Å². The van der Waals surface area contributed by atoms with Crippen LogP contribution in [0.15, 0.2) is 36.7 Å². The smallest absolute Gasteiger partial charge is 0.316 e. The third-order valence-electron chi connectivity index (χ3n) is 5.51. The van der Waals surface area contributed by atoms with Gasteiger partial charge in [0, 0.05) is 29.6 Å². The van der Waals surface area contributed by atoms with Crippen LogP contribution in [0.25, 0.3) is 22.3 Å². The molecule has 4 aromatic rings. The Balaban J connectivity index is 1.77. The third kappa shape index (κ3) is 5.86. The van der Waals surface area contributed by atoms with Crippen LogP contribution >= 0.6 is 18.7 Å². The first-order chi connectivity index (χ1) is 17.5. The number of anilines is 1. The van der Waals surface area contributed by atoms with Crippen molar-refractivity contribution in [1.82, 2.24) is 19.9 Å². The molecule has 0 amide bonds. The average molecular weight is 550 g/mol. The topological polar surface area (TPSA) is 89.9 Å². The lowest BCUT2D eigenvalue weighted by atomic mass is 10.0. The molecule has 1 atom stereocenters. The molecule has 0 saturated carbocycles. The summed E-state index contributed by atoms with van der Waals surface area (Å²) in [6, 6.07) is 4.52. The van der Waals surface area contributed by atoms with Gasteiger partial charge in [-0.3, -0.25) is 0 Å². The van der Waals surface area contributed by atoms with E-state index in [1.807, 2.05) is 6.92 Å². The summed E-state index contributed by atoms with van der Waals surface area (Å²) in [6.45, 7) is 6.62. The Kier molecular flexibility index (Phi) is 7.71. The van der Waals surface area contributed by atoms with Crippen molar-refractivity contribution in [3.63, 3.8) is 0 Å². The van der Waals surface area contributed by atoms with Crippen molar-refractivity contribution in [2.45, 2.75) is 26.3 Å². The summed E-state index contributed by atoms with van der Waals surface area (Å²) in [5.74, 6) is -2.59. The van der Waals surface area contributed by atoms with Crippen LogP contribution in [0.5, 0.6) is 6.01 Å². The largest absolute Gasteiger partial charge is 0.456 e. The van der Waals surface area contributed by atoms with Crippen LogP contribution in [0.1, 0.15) is 30.6 Å². The second-order valence-electron chi connectivity index (χ2n) is 8.92. The number of pyridine rings is 2. The molecule has 0 radical (unpaired) electrons. The van der Waals surface area contributed by atoms with Crippen molar-refractivity contribution < 1.29 is 22.5 Å². The van der Waals surface area contributed by atoms with Crippen LogP contribution in [0.4, 0.5) is 18.9 Å². The first-order valence-corrected chi connectivity index (χ1v) is 14.5. The van der Waals surface area contributed by atoms with Crippen LogP contribution in [0.3, 0.4) is 0 Å². The van der Waals surface area contributed by atoms with E-state index in [2.05, 4.69) is 25.3 Å². The monoisotopic (exact) mass is 549 g/mol. The molecule has 0 aliphatic rings. The molecule has 12 heteroatoms. The number of fused-ring (bicyclic) bond motifs is 1. The predicted octanol–water partition coefficient (Wildman–Crippen LogP) is 6.99. The number of hydrogen-bond donors (Lipinski definition) is 1. The fourth-order valence-corrected chi connectivity index (χ4v) is 4.30. The third-order valence-corrected chi connectivity index (χ3v) is 6.72. The molecule has 0 aliphatic heterocycles. The van der Waals surface area contributed by atoms with Gasteiger partial charge in [0.1, 0.15) is 24.7 Å². The summed E-state index contributed by atoms with van der Waals surface area (Å²) in [5, 5.41) is 3.38. The number of ether oxygens (including phenoxy) is 1. The van der Waals surface area contributed by atoms with Gasteiger partial charge < -0.3 is 14.6 Å². The molecule has 0 saturated heterocycles. The summed E-state index contributed by atoms with van der Waals surface area (Å²) in [4.78, 5) is 16.9. The Morgan fingerprint density at radius 3 is 2.46 bits per heavy atom. The molecular weight excluding hydrogens is 526 g/mol. The van der Waals surface area contributed by atoms with E-state index in [1.165, 1.54) is 30.6 Å². The minimum Gasteiger partial charge on any atom is -0.456 e. The number of hydrogen-bond acceptors (Lipinski definition) is 7. The molecule has 7 nitrogen and oxygen atoms in total. The van der Waals surface area contributed by atoms with E-state index < -0.39 is 30.6 Å². The van der Waals surface area contributed by atoms with E-state index in [0.717, 1.165) is 6.07 Å². The molecule has 4 rings (SSSR count). The molecule has 0 aliphatic carbocycles. The Bertz CT molecular complexity index is 1520. The van der Waals surface area contributed by atoms with E-state index in [4.69, 9.17) is 16.3 Å². The zero-order valence-corrected chi connectivity index (χ0v) is 22.2. The Morgan fingerprint density at radius 2 is 1.81 bits per heavy atom. The first kappa shape index (κ1) is 26.8. The van der Waals surface area contributed by atoms with E-state index >= 15 is 4.39 Å². The Morgan fingerprint density at radius 1 is 1.11 bits per heavy atom. The lowest BCUT2D eigenvalue weighted by Crippen LogP contribution is -2.14. The highest BCUT2D eigenvalue weighted by Gasteiger charge is 2.22. The minimum absolute atomic E-state index is 0.000489. The number of rotatable bonds is 8. The predicted molar refractivity (Wildman–Crippen MR) is 138 cm³/mol. The van der Waals surface area contributed by atoms with Gasteiger partial charge in [-0.1, -0.05) is 30.7 Å². The molecular formula is C25H24ClF3N5O2P. The highest BCUT2D eigenvalue weighted by molar-refractivity contribution is 7.62. The second-order valence-corrected chi connectivity index (χ2v) is 12.7. The van der Waals surface area contributed by atoms with Crippen molar-refractivity contribution in [2.24, 2.45) is 0 Å². The zero-order valence-electron chi connectivity index (χ0n) is 20.5. The maximum atomic E-state index is 15.1. The standard InChI is InChI=1S/C25H24ClF3N5O2P/c1-5-18(15-7-6-8-16(27)21(15)29)33-24-20(26)13(2)32-19-9-17(28)22(34-23(19)24)14-10-30-25(31-11-14)36-12-37(3,4)35/h6-11,18H,5,12H2,1-4H3,(H,32,33)/t18-/m0/s1. The highest BCUT2D eigenvalue weighted by Crippen LogP contribution is 2.38. The van der Waals surface area contributed by atoms with E-state index in [0.29, 0.717) is 17.8 Å². The van der Waals surface area contributed by atoms with Gasteiger partial charge >= 0.3 is 6.01 Å². The van der Waals surface area contributed by atoms with Crippen molar-refractivity contribution >= 4 is 35.5 Å². The minimum atomic E-state index is -2.44. The van der Waals surface area contributed by atoms with Gasteiger partial charge in [0.15, 0.2) is 17.5 Å². The molecule has 0 fully saturated rings. The first-order valence-electron chi connectivity index (χ1n) is 11.3. The highest BCUT2D eigenvalue weighted by atomic mass is 35.5. The maximum absolute atomic E-state index is 15.1. The summed E-state index contributed by atoms with van der Waals surface area (Å²) < 4.78 is 60.7. The van der Waals surface area contributed by atoms with Gasteiger partial charge in [-0.25, -0.2) is 33.1 Å². The van der Waals surface area contributed by atoms with Crippen LogP contribution in [-0.2, 0) is 4.57 Å². The van der Waals surface area contributed by atoms with E-state index in [9.17, 15) is 13.3 Å². The summed E-state index contributed by atoms with van der Waals surface area (Å²) >= 11 is 6.57. The van der Waals surface area contributed by atoms with Gasteiger partial charge in [-0.15, -0.1) is 0 Å². The lowest BCUT2D eigenvalue weighted by molar-refractivity contribution is 0.348. The van der Waals surface area contributed by atoms with Crippen LogP contribution in [-0.4, -0.2) is 39.6 Å². The quantitative estimate of drug-likeness (QED) is 0.237. The zero-order chi connectivity index (χ0) is 26.9. The van der Waals surface area contributed by atoms with Crippen LogP contribution < -0.4 is 10.1 Å². The fraction of sp³-hybridized carbons (Fsp3) is 0.280. The Hall–Kier alpha value is -3.23. The van der Waals surface area contributed by atoms with Crippen molar-refractivity contribution in [3.05, 3.63) is 70.4 Å². The maximum Gasteiger partial charge on any atom is 0.316 e. The number of halogens is 4. The molecule has 194 valence electrons. The summed E-state index contributed by atoms with van der Waals surface area (Å²) in [5.41, 5.74) is 1.50. The molecule has 0 unspecified atom stereocenters. The van der Waals surface area contributed by atoms with E-state index in [-0.39, 0.29) is 45.2 Å². The molecule has 37 heavy (non-hydrogen) atoms. The van der Waals surface area contributed by atoms with Crippen molar-refractivity contribution in [2.75, 3.05) is 25.0 Å². The number of aromatic nitrogens is 4. The number of nitrogens with zero attached hydrogens (tertiary/aromatic N) is 4. The SMILES string of the molecule is CC[C@H](Nc1c(Cl)c(C)nc2cc(F)c(-c3cnc(OCP(C)(C)=O)nc3)nc12)c1cccc(F)c1F. The lowest BCUT2D eigenvalue weighted by Gasteiger charge is -2.22. The number of benzene rings is 1. The molecule has 3 aromatic heterocycles. The number of aryl methyl sites for hydroxylation is 1. The summed E-state index contributed by atoms with van der Waals surface area (Å²) in [6.07, 6.45) is 3.04. The van der Waals surface area contributed by atoms with Gasteiger partial charge in [0.2, 0.25) is 0 Å². The van der Waals surface area contributed by atoms with Crippen LogP contribution in [0, 0.1) is 24.4 Å². The molecule has 1 aromatic carbocycles.